The predicted molar refractivity (Wildman–Crippen MR) is 75.9 cm³/mol. The van der Waals surface area contributed by atoms with Crippen LogP contribution in [0.4, 0.5) is 0 Å². The fourth-order valence-corrected chi connectivity index (χ4v) is 5.94. The van der Waals surface area contributed by atoms with E-state index in [0.717, 1.165) is 11.1 Å². The van der Waals surface area contributed by atoms with E-state index in [0.29, 0.717) is 0 Å². The molecule has 0 saturated heterocycles. The standard InChI is InChI=1S/C13H9IOS/c14-16-11-7-3-1-5-9(11)13(15)10-6-2-4-8-12(10)16/h1-8,16H. The molecule has 0 saturated carbocycles. The smallest absolute Gasteiger partial charge is 0.195 e. The SMILES string of the molecule is O=C1c2ccccc2[SH](I)c2ccccc21. The van der Waals surface area contributed by atoms with Crippen molar-refractivity contribution in [2.75, 3.05) is 0 Å². The fourth-order valence-electron chi connectivity index (χ4n) is 1.95. The van der Waals surface area contributed by atoms with Crippen molar-refractivity contribution in [2.45, 2.75) is 9.79 Å². The zero-order valence-corrected chi connectivity index (χ0v) is 11.4. The maximum atomic E-state index is 12.3. The average molecular weight is 340 g/mol. The third-order valence-corrected chi connectivity index (χ3v) is 7.46. The molecular weight excluding hydrogens is 331 g/mol. The first-order valence-corrected chi connectivity index (χ1v) is 9.10. The highest BCUT2D eigenvalue weighted by Crippen LogP contribution is 2.56. The number of halogens is 1. The van der Waals surface area contributed by atoms with E-state index < -0.39 is 8.07 Å². The summed E-state index contributed by atoms with van der Waals surface area (Å²) < 4.78 is 0. The van der Waals surface area contributed by atoms with Crippen LogP contribution in [-0.4, -0.2) is 5.78 Å². The Hall–Kier alpha value is -0.810. The third-order valence-electron chi connectivity index (χ3n) is 2.72. The lowest BCUT2D eigenvalue weighted by Crippen LogP contribution is -2.10. The van der Waals surface area contributed by atoms with Crippen LogP contribution in [0, 0.1) is 0 Å². The minimum absolute atomic E-state index is 0.168. The summed E-state index contributed by atoms with van der Waals surface area (Å²) in [4.78, 5) is 14.7. The summed E-state index contributed by atoms with van der Waals surface area (Å²) in [6.07, 6.45) is 0. The Morgan fingerprint density at radius 2 is 1.25 bits per heavy atom. The van der Waals surface area contributed by atoms with Crippen molar-refractivity contribution in [3.05, 3.63) is 59.7 Å². The number of rotatable bonds is 0. The topological polar surface area (TPSA) is 17.1 Å². The maximum absolute atomic E-state index is 12.3. The minimum Gasteiger partial charge on any atom is -0.289 e. The first-order chi connectivity index (χ1) is 7.79. The molecule has 0 aliphatic carbocycles. The second-order valence-electron chi connectivity index (χ2n) is 3.64. The maximum Gasteiger partial charge on any atom is 0.195 e. The molecule has 0 amide bonds. The van der Waals surface area contributed by atoms with Crippen LogP contribution < -0.4 is 0 Å². The lowest BCUT2D eigenvalue weighted by Gasteiger charge is -2.25. The molecule has 1 nitrogen and oxygen atoms in total. The van der Waals surface area contributed by atoms with Gasteiger partial charge in [0.15, 0.2) is 5.78 Å². The van der Waals surface area contributed by atoms with Gasteiger partial charge in [0.25, 0.3) is 0 Å². The van der Waals surface area contributed by atoms with Gasteiger partial charge < -0.3 is 0 Å². The zero-order chi connectivity index (χ0) is 11.1. The molecule has 0 atom stereocenters. The number of benzene rings is 2. The van der Waals surface area contributed by atoms with Crippen LogP contribution in [0.15, 0.2) is 58.3 Å². The van der Waals surface area contributed by atoms with Crippen molar-refractivity contribution in [1.29, 1.82) is 0 Å². The second kappa shape index (κ2) is 3.89. The van der Waals surface area contributed by atoms with Gasteiger partial charge in [-0.05, 0) is 45.5 Å². The van der Waals surface area contributed by atoms with Gasteiger partial charge in [-0.2, -0.15) is 0 Å². The van der Waals surface area contributed by atoms with E-state index in [1.54, 1.807) is 0 Å². The van der Waals surface area contributed by atoms with Crippen LogP contribution >= 0.6 is 29.3 Å². The highest BCUT2D eigenvalue weighted by molar-refractivity contribution is 14.2. The molecule has 0 radical (unpaired) electrons. The summed E-state index contributed by atoms with van der Waals surface area (Å²) in [7, 11) is -0.401. The Morgan fingerprint density at radius 3 is 1.75 bits per heavy atom. The predicted octanol–water partition coefficient (Wildman–Crippen LogP) is 4.00. The number of carbonyl (C=O) groups is 1. The molecule has 0 unspecified atom stereocenters. The van der Waals surface area contributed by atoms with Crippen molar-refractivity contribution < 1.29 is 4.79 Å². The summed E-state index contributed by atoms with van der Waals surface area (Å²) in [5, 5.41) is 0. The monoisotopic (exact) mass is 340 g/mol. The molecule has 0 N–H and O–H groups in total. The highest BCUT2D eigenvalue weighted by atomic mass is 127. The Balaban J connectivity index is 2.30. The quantitative estimate of drug-likeness (QED) is 0.567. The molecule has 1 heterocycles. The molecule has 2 aromatic carbocycles. The van der Waals surface area contributed by atoms with Crippen molar-refractivity contribution >= 4 is 35.1 Å². The summed E-state index contributed by atoms with van der Waals surface area (Å²) in [5.41, 5.74) is 1.75. The first-order valence-electron chi connectivity index (χ1n) is 4.98. The Kier molecular flexibility index (Phi) is 2.52. The third kappa shape index (κ3) is 1.42. The second-order valence-corrected chi connectivity index (χ2v) is 8.06. The summed E-state index contributed by atoms with van der Waals surface area (Å²) in [6, 6.07) is 15.9. The highest BCUT2D eigenvalue weighted by Gasteiger charge is 2.26. The van der Waals surface area contributed by atoms with Gasteiger partial charge in [0.05, 0.1) is 0 Å². The van der Waals surface area contributed by atoms with Gasteiger partial charge >= 0.3 is 0 Å². The molecule has 1 aliphatic rings. The van der Waals surface area contributed by atoms with Gasteiger partial charge in [0, 0.05) is 20.9 Å². The molecule has 0 aromatic heterocycles. The van der Waals surface area contributed by atoms with Crippen LogP contribution in [0.5, 0.6) is 0 Å². The van der Waals surface area contributed by atoms with Gasteiger partial charge in [-0.1, -0.05) is 24.3 Å². The van der Waals surface area contributed by atoms with Crippen molar-refractivity contribution in [1.82, 2.24) is 0 Å². The molecule has 3 rings (SSSR count). The van der Waals surface area contributed by atoms with Gasteiger partial charge in [0.2, 0.25) is 0 Å². The molecule has 2 aromatic rings. The molecule has 1 aliphatic heterocycles. The Labute approximate surface area is 109 Å². The van der Waals surface area contributed by atoms with Crippen LogP contribution in [0.1, 0.15) is 15.9 Å². The van der Waals surface area contributed by atoms with Gasteiger partial charge in [0.1, 0.15) is 0 Å². The molecule has 0 spiro atoms. The number of ketones is 1. The fraction of sp³-hybridized carbons (Fsp3) is 0. The number of carbonyl (C=O) groups excluding carboxylic acids is 1. The van der Waals surface area contributed by atoms with E-state index in [-0.39, 0.29) is 5.78 Å². The molecule has 3 heteroatoms. The molecule has 80 valence electrons. The number of hydrogen-bond acceptors (Lipinski definition) is 1. The van der Waals surface area contributed by atoms with Gasteiger partial charge in [-0.25, -0.2) is 0 Å². The van der Waals surface area contributed by atoms with Crippen LogP contribution in [-0.2, 0) is 0 Å². The van der Waals surface area contributed by atoms with Gasteiger partial charge in [-0.3, -0.25) is 4.79 Å². The minimum atomic E-state index is -0.401. The zero-order valence-electron chi connectivity index (χ0n) is 8.35. The summed E-state index contributed by atoms with van der Waals surface area (Å²) in [5.74, 6) is 0.168. The Bertz CT molecular complexity index is 530. The lowest BCUT2D eigenvalue weighted by atomic mass is 10.0. The molecule has 16 heavy (non-hydrogen) atoms. The summed E-state index contributed by atoms with van der Waals surface area (Å²) >= 11 is 2.46. The molecular formula is C13H9IOS. The number of hydrogen-bond donors (Lipinski definition) is 1. The van der Waals surface area contributed by atoms with Crippen molar-refractivity contribution in [2.24, 2.45) is 0 Å². The van der Waals surface area contributed by atoms with E-state index in [4.69, 9.17) is 0 Å². The van der Waals surface area contributed by atoms with E-state index in [1.165, 1.54) is 9.79 Å². The Morgan fingerprint density at radius 1 is 0.812 bits per heavy atom. The number of fused-ring (bicyclic) bond motifs is 2. The van der Waals surface area contributed by atoms with E-state index in [1.807, 2.05) is 36.4 Å². The van der Waals surface area contributed by atoms with E-state index >= 15 is 0 Å². The normalized spacial score (nSPS) is 15.6. The molecule has 0 bridgehead atoms. The van der Waals surface area contributed by atoms with Crippen LogP contribution in [0.3, 0.4) is 0 Å². The van der Waals surface area contributed by atoms with Crippen LogP contribution in [0.25, 0.3) is 0 Å². The lowest BCUT2D eigenvalue weighted by molar-refractivity contribution is 0.103. The average Bonchev–Trinajstić information content (AvgIpc) is 2.36. The first kappa shape index (κ1) is 10.4. The van der Waals surface area contributed by atoms with Crippen LogP contribution in [0.2, 0.25) is 0 Å². The number of thiol groups is 1. The van der Waals surface area contributed by atoms with E-state index in [9.17, 15) is 4.79 Å². The summed E-state index contributed by atoms with van der Waals surface area (Å²) in [6.45, 7) is 0. The van der Waals surface area contributed by atoms with Gasteiger partial charge in [-0.15, -0.1) is 8.07 Å². The molecule has 0 fully saturated rings. The van der Waals surface area contributed by atoms with Crippen molar-refractivity contribution in [3.8, 4) is 0 Å². The van der Waals surface area contributed by atoms with E-state index in [2.05, 4.69) is 33.3 Å². The largest absolute Gasteiger partial charge is 0.289 e. The van der Waals surface area contributed by atoms with Crippen molar-refractivity contribution in [3.63, 3.8) is 0 Å².